The van der Waals surface area contributed by atoms with Crippen molar-refractivity contribution in [3.8, 4) is 0 Å². The Morgan fingerprint density at radius 2 is 1.59 bits per heavy atom. The van der Waals surface area contributed by atoms with Crippen LogP contribution in [0.25, 0.3) is 0 Å². The van der Waals surface area contributed by atoms with Gasteiger partial charge in [0.05, 0.1) is 10.5 Å². The van der Waals surface area contributed by atoms with Crippen molar-refractivity contribution in [1.82, 2.24) is 10.9 Å². The Morgan fingerprint density at radius 3 is 2.25 bits per heavy atom. The maximum absolute atomic E-state index is 12.8. The molecule has 0 fully saturated rings. The van der Waals surface area contributed by atoms with Crippen molar-refractivity contribution in [2.45, 2.75) is 18.0 Å². The van der Waals surface area contributed by atoms with E-state index in [9.17, 15) is 31.2 Å². The molecule has 0 radical (unpaired) electrons. The summed E-state index contributed by atoms with van der Waals surface area (Å²) < 4.78 is 70.9. The van der Waals surface area contributed by atoms with E-state index in [1.807, 2.05) is 4.72 Å². The van der Waals surface area contributed by atoms with Crippen molar-refractivity contribution in [3.05, 3.63) is 83.3 Å². The Labute approximate surface area is 180 Å². The van der Waals surface area contributed by atoms with E-state index < -0.39 is 33.6 Å². The van der Waals surface area contributed by atoms with E-state index in [0.29, 0.717) is 11.8 Å². The predicted octanol–water partition coefficient (Wildman–Crippen LogP) is 3.48. The third-order valence-corrected chi connectivity index (χ3v) is 5.48. The summed E-state index contributed by atoms with van der Waals surface area (Å²) in [5, 5.41) is 0. The first-order chi connectivity index (χ1) is 15.0. The number of hydrogen-bond donors (Lipinski definition) is 3. The second kappa shape index (κ2) is 8.75. The number of carbonyl (C=O) groups excluding carboxylic acids is 2. The SMILES string of the molecule is Cc1ccc(C(=O)NNC(=O)c2cccc(S(=O)(=O)Nc3cccc(C(F)(F)F)c3)c2)o1. The molecule has 0 spiro atoms. The van der Waals surface area contributed by atoms with Crippen LogP contribution in [0.3, 0.4) is 0 Å². The number of hydrogen-bond acceptors (Lipinski definition) is 5. The van der Waals surface area contributed by atoms with E-state index in [-0.39, 0.29) is 21.9 Å². The summed E-state index contributed by atoms with van der Waals surface area (Å²) in [6, 6.07) is 11.4. The van der Waals surface area contributed by atoms with Crippen LogP contribution in [-0.4, -0.2) is 20.2 Å². The molecule has 0 bridgehead atoms. The van der Waals surface area contributed by atoms with Crippen LogP contribution in [0.15, 0.2) is 70.0 Å². The zero-order valence-electron chi connectivity index (χ0n) is 16.4. The lowest BCUT2D eigenvalue weighted by Crippen LogP contribution is -2.41. The lowest BCUT2D eigenvalue weighted by Gasteiger charge is -2.12. The smallest absolute Gasteiger partial charge is 0.416 e. The molecule has 0 aliphatic rings. The molecule has 12 heteroatoms. The quantitative estimate of drug-likeness (QED) is 0.497. The predicted molar refractivity (Wildman–Crippen MR) is 107 cm³/mol. The van der Waals surface area contributed by atoms with Gasteiger partial charge in [-0.3, -0.25) is 25.2 Å². The molecule has 1 heterocycles. The van der Waals surface area contributed by atoms with Gasteiger partial charge in [0.15, 0.2) is 5.76 Å². The van der Waals surface area contributed by atoms with Gasteiger partial charge in [0.25, 0.3) is 15.9 Å². The topological polar surface area (TPSA) is 118 Å². The summed E-state index contributed by atoms with van der Waals surface area (Å²) in [6.07, 6.45) is -4.64. The Hall–Kier alpha value is -3.80. The molecule has 0 saturated carbocycles. The molecule has 0 atom stereocenters. The van der Waals surface area contributed by atoms with Crippen LogP contribution < -0.4 is 15.6 Å². The number of rotatable bonds is 5. The highest BCUT2D eigenvalue weighted by atomic mass is 32.2. The molecule has 3 N–H and O–H groups in total. The van der Waals surface area contributed by atoms with E-state index in [0.717, 1.165) is 30.3 Å². The number of nitrogens with one attached hydrogen (secondary N) is 3. The molecule has 0 aliphatic heterocycles. The van der Waals surface area contributed by atoms with Crippen LogP contribution in [-0.2, 0) is 16.2 Å². The first-order valence-corrected chi connectivity index (χ1v) is 10.4. The summed E-state index contributed by atoms with van der Waals surface area (Å²) in [4.78, 5) is 23.8. The molecule has 2 aromatic carbocycles. The Kier molecular flexibility index (Phi) is 6.25. The van der Waals surface area contributed by atoms with Gasteiger partial charge in [0.2, 0.25) is 0 Å². The second-order valence-corrected chi connectivity index (χ2v) is 8.21. The van der Waals surface area contributed by atoms with Crippen LogP contribution in [0.1, 0.15) is 32.2 Å². The second-order valence-electron chi connectivity index (χ2n) is 6.53. The van der Waals surface area contributed by atoms with E-state index in [1.165, 1.54) is 18.2 Å². The van der Waals surface area contributed by atoms with Gasteiger partial charge in [-0.15, -0.1) is 0 Å². The fourth-order valence-electron chi connectivity index (χ4n) is 2.58. The maximum atomic E-state index is 12.8. The van der Waals surface area contributed by atoms with Gasteiger partial charge in [0, 0.05) is 11.3 Å². The molecular formula is C20H16F3N3O5S. The lowest BCUT2D eigenvalue weighted by molar-refractivity contribution is -0.137. The van der Waals surface area contributed by atoms with Gasteiger partial charge in [-0.25, -0.2) is 8.42 Å². The minimum atomic E-state index is -4.64. The van der Waals surface area contributed by atoms with Crippen molar-refractivity contribution < 1.29 is 35.6 Å². The largest absolute Gasteiger partial charge is 0.456 e. The third-order valence-electron chi connectivity index (χ3n) is 4.10. The fourth-order valence-corrected chi connectivity index (χ4v) is 3.68. The van der Waals surface area contributed by atoms with E-state index in [2.05, 4.69) is 10.9 Å². The standard InChI is InChI=1S/C20H16F3N3O5S/c1-12-8-9-17(31-12)19(28)25-24-18(27)13-4-2-7-16(10-13)32(29,30)26-15-6-3-5-14(11-15)20(21,22)23/h2-11,26H,1H3,(H,24,27)(H,25,28). The van der Waals surface area contributed by atoms with Crippen molar-refractivity contribution in [1.29, 1.82) is 0 Å². The van der Waals surface area contributed by atoms with Crippen LogP contribution in [0.5, 0.6) is 0 Å². The number of hydrazine groups is 1. The highest BCUT2D eigenvalue weighted by Crippen LogP contribution is 2.31. The molecule has 168 valence electrons. The molecule has 8 nitrogen and oxygen atoms in total. The Balaban J connectivity index is 1.73. The average molecular weight is 467 g/mol. The minimum Gasteiger partial charge on any atom is -0.456 e. The molecule has 3 aromatic rings. The van der Waals surface area contributed by atoms with Gasteiger partial charge in [-0.2, -0.15) is 13.2 Å². The number of sulfonamides is 1. The maximum Gasteiger partial charge on any atom is 0.416 e. The average Bonchev–Trinajstić information content (AvgIpc) is 3.17. The summed E-state index contributed by atoms with van der Waals surface area (Å²) >= 11 is 0. The minimum absolute atomic E-state index is 0.0376. The lowest BCUT2D eigenvalue weighted by atomic mass is 10.2. The van der Waals surface area contributed by atoms with Gasteiger partial charge in [-0.1, -0.05) is 12.1 Å². The van der Waals surface area contributed by atoms with Gasteiger partial charge >= 0.3 is 12.1 Å². The number of benzene rings is 2. The highest BCUT2D eigenvalue weighted by Gasteiger charge is 2.30. The van der Waals surface area contributed by atoms with Crippen molar-refractivity contribution >= 4 is 27.5 Å². The van der Waals surface area contributed by atoms with Crippen molar-refractivity contribution in [2.24, 2.45) is 0 Å². The first kappa shape index (κ1) is 22.9. The van der Waals surface area contributed by atoms with Crippen molar-refractivity contribution in [2.75, 3.05) is 4.72 Å². The van der Waals surface area contributed by atoms with Crippen molar-refractivity contribution in [3.63, 3.8) is 0 Å². The van der Waals surface area contributed by atoms with Gasteiger partial charge in [0.1, 0.15) is 5.76 Å². The fraction of sp³-hybridized carbons (Fsp3) is 0.100. The molecular weight excluding hydrogens is 451 g/mol. The third kappa shape index (κ3) is 5.46. The normalized spacial score (nSPS) is 11.6. The number of alkyl halides is 3. The van der Waals surface area contributed by atoms with E-state index >= 15 is 0 Å². The molecule has 0 aliphatic carbocycles. The number of anilines is 1. The Morgan fingerprint density at radius 1 is 0.906 bits per heavy atom. The summed E-state index contributed by atoms with van der Waals surface area (Å²) in [7, 11) is -4.30. The van der Waals surface area contributed by atoms with Crippen LogP contribution in [0.2, 0.25) is 0 Å². The zero-order chi connectivity index (χ0) is 23.5. The number of aryl methyl sites for hydroxylation is 1. The number of furan rings is 1. The number of halogens is 3. The van der Waals surface area contributed by atoms with Crippen LogP contribution in [0.4, 0.5) is 18.9 Å². The molecule has 2 amide bonds. The van der Waals surface area contributed by atoms with Gasteiger partial charge < -0.3 is 4.42 Å². The zero-order valence-corrected chi connectivity index (χ0v) is 17.2. The number of amides is 2. The van der Waals surface area contributed by atoms with E-state index in [1.54, 1.807) is 13.0 Å². The van der Waals surface area contributed by atoms with E-state index in [4.69, 9.17) is 4.42 Å². The highest BCUT2D eigenvalue weighted by molar-refractivity contribution is 7.92. The molecule has 0 unspecified atom stereocenters. The monoisotopic (exact) mass is 467 g/mol. The first-order valence-electron chi connectivity index (χ1n) is 8.93. The van der Waals surface area contributed by atoms with Gasteiger partial charge in [-0.05, 0) is 55.5 Å². The summed E-state index contributed by atoms with van der Waals surface area (Å²) in [5.74, 6) is -1.09. The number of carbonyl (C=O) groups is 2. The summed E-state index contributed by atoms with van der Waals surface area (Å²) in [6.45, 7) is 1.63. The molecule has 1 aromatic heterocycles. The van der Waals surface area contributed by atoms with Crippen LogP contribution in [0, 0.1) is 6.92 Å². The molecule has 0 saturated heterocycles. The Bertz CT molecular complexity index is 1270. The summed E-state index contributed by atoms with van der Waals surface area (Å²) in [5.41, 5.74) is 2.81. The van der Waals surface area contributed by atoms with Crippen LogP contribution >= 0.6 is 0 Å². The molecule has 3 rings (SSSR count). The molecule has 32 heavy (non-hydrogen) atoms.